The Balaban J connectivity index is 3.04. The van der Waals surface area contributed by atoms with Gasteiger partial charge in [0, 0.05) is 6.20 Å². The Bertz CT molecular complexity index is 631. The number of aromatic amines is 2. The third-order valence-electron chi connectivity index (χ3n) is 1.91. The molecule has 7 heteroatoms. The van der Waals surface area contributed by atoms with Gasteiger partial charge < -0.3 is 9.72 Å². The minimum atomic E-state index is -0.618. The summed E-state index contributed by atoms with van der Waals surface area (Å²) in [5, 5.41) is 0.308. The van der Waals surface area contributed by atoms with Crippen LogP contribution in [-0.4, -0.2) is 22.1 Å². The van der Waals surface area contributed by atoms with E-state index in [9.17, 15) is 9.59 Å². The number of pyridine rings is 1. The summed E-state index contributed by atoms with van der Waals surface area (Å²) in [4.78, 5) is 30.7. The van der Waals surface area contributed by atoms with E-state index in [2.05, 4.69) is 15.0 Å². The fourth-order valence-electron chi connectivity index (χ4n) is 1.27. The average molecular weight is 228 g/mol. The van der Waals surface area contributed by atoms with E-state index in [4.69, 9.17) is 16.3 Å². The molecule has 0 aliphatic carbocycles. The molecule has 0 aliphatic rings. The molecule has 2 rings (SSSR count). The van der Waals surface area contributed by atoms with Crippen LogP contribution in [-0.2, 0) is 0 Å². The van der Waals surface area contributed by atoms with E-state index >= 15 is 0 Å². The molecule has 0 radical (unpaired) electrons. The maximum Gasteiger partial charge on any atom is 0.326 e. The topological polar surface area (TPSA) is 87.8 Å². The van der Waals surface area contributed by atoms with Gasteiger partial charge >= 0.3 is 5.69 Å². The number of H-pyrrole nitrogens is 2. The summed E-state index contributed by atoms with van der Waals surface area (Å²) in [6.07, 6.45) is 1.27. The standard InChI is InChI=1S/C8H6ClN3O3/c1-15-5-4-3(2-10-6(5)9)7(13)12-8(14)11-4/h2H,1H3,(H2,11,12,13,14). The van der Waals surface area contributed by atoms with Crippen molar-refractivity contribution in [3.05, 3.63) is 32.2 Å². The molecule has 2 aromatic rings. The van der Waals surface area contributed by atoms with Crippen LogP contribution in [0.4, 0.5) is 0 Å². The third-order valence-corrected chi connectivity index (χ3v) is 2.17. The smallest absolute Gasteiger partial charge is 0.326 e. The van der Waals surface area contributed by atoms with Gasteiger partial charge in [0.1, 0.15) is 5.52 Å². The van der Waals surface area contributed by atoms with E-state index in [0.717, 1.165) is 0 Å². The van der Waals surface area contributed by atoms with Crippen molar-refractivity contribution in [1.82, 2.24) is 15.0 Å². The van der Waals surface area contributed by atoms with Crippen LogP contribution in [0.5, 0.6) is 5.75 Å². The first-order valence-corrected chi connectivity index (χ1v) is 4.36. The van der Waals surface area contributed by atoms with Gasteiger partial charge in [0.25, 0.3) is 5.56 Å². The third kappa shape index (κ3) is 1.48. The van der Waals surface area contributed by atoms with Crippen molar-refractivity contribution in [2.75, 3.05) is 7.11 Å². The number of fused-ring (bicyclic) bond motifs is 1. The molecule has 15 heavy (non-hydrogen) atoms. The molecule has 0 amide bonds. The highest BCUT2D eigenvalue weighted by atomic mass is 35.5. The van der Waals surface area contributed by atoms with Crippen LogP contribution in [0.3, 0.4) is 0 Å². The highest BCUT2D eigenvalue weighted by Crippen LogP contribution is 2.26. The van der Waals surface area contributed by atoms with Crippen LogP contribution in [0.25, 0.3) is 10.9 Å². The molecule has 0 atom stereocenters. The summed E-state index contributed by atoms with van der Waals surface area (Å²) >= 11 is 5.74. The van der Waals surface area contributed by atoms with Gasteiger partial charge in [0.2, 0.25) is 0 Å². The van der Waals surface area contributed by atoms with Gasteiger partial charge in [-0.2, -0.15) is 0 Å². The molecule has 0 aromatic carbocycles. The second kappa shape index (κ2) is 3.39. The SMILES string of the molecule is COc1c(Cl)ncc2c(=O)[nH]c(=O)[nH]c12. The lowest BCUT2D eigenvalue weighted by Gasteiger charge is -2.04. The first kappa shape index (κ1) is 9.72. The minimum Gasteiger partial charge on any atom is -0.491 e. The lowest BCUT2D eigenvalue weighted by Crippen LogP contribution is -2.22. The van der Waals surface area contributed by atoms with Gasteiger partial charge in [0.05, 0.1) is 12.5 Å². The summed E-state index contributed by atoms with van der Waals surface area (Å²) in [7, 11) is 1.38. The van der Waals surface area contributed by atoms with Crippen LogP contribution in [0.1, 0.15) is 0 Å². The fourth-order valence-corrected chi connectivity index (χ4v) is 1.49. The molecule has 78 valence electrons. The predicted molar refractivity (Wildman–Crippen MR) is 54.5 cm³/mol. The highest BCUT2D eigenvalue weighted by molar-refractivity contribution is 6.31. The number of halogens is 1. The minimum absolute atomic E-state index is 0.0891. The maximum atomic E-state index is 11.4. The molecule has 2 aromatic heterocycles. The zero-order valence-corrected chi connectivity index (χ0v) is 8.38. The van der Waals surface area contributed by atoms with Gasteiger partial charge in [-0.15, -0.1) is 0 Å². The Hall–Kier alpha value is -1.82. The van der Waals surface area contributed by atoms with Crippen molar-refractivity contribution in [3.63, 3.8) is 0 Å². The van der Waals surface area contributed by atoms with Crippen LogP contribution in [0.15, 0.2) is 15.8 Å². The van der Waals surface area contributed by atoms with Crippen LogP contribution >= 0.6 is 11.6 Å². The monoisotopic (exact) mass is 227 g/mol. The van der Waals surface area contributed by atoms with Gasteiger partial charge in [-0.1, -0.05) is 11.6 Å². The lowest BCUT2D eigenvalue weighted by atomic mass is 10.3. The van der Waals surface area contributed by atoms with Gasteiger partial charge in [-0.3, -0.25) is 9.78 Å². The summed E-state index contributed by atoms with van der Waals surface area (Å²) in [5.41, 5.74) is -0.907. The molecule has 0 fully saturated rings. The van der Waals surface area contributed by atoms with Crippen LogP contribution < -0.4 is 16.0 Å². The maximum absolute atomic E-state index is 11.4. The number of nitrogens with one attached hydrogen (secondary N) is 2. The predicted octanol–water partition coefficient (Wildman–Crippen LogP) is 0.273. The number of ether oxygens (including phenoxy) is 1. The number of nitrogens with zero attached hydrogens (tertiary/aromatic N) is 1. The number of hydrogen-bond acceptors (Lipinski definition) is 4. The summed E-state index contributed by atoms with van der Waals surface area (Å²) < 4.78 is 4.95. The van der Waals surface area contributed by atoms with Crippen molar-refractivity contribution < 1.29 is 4.74 Å². The summed E-state index contributed by atoms with van der Waals surface area (Å²) in [5.74, 6) is 0.178. The second-order valence-corrected chi connectivity index (χ2v) is 3.14. The molecular formula is C8H6ClN3O3. The first-order valence-electron chi connectivity index (χ1n) is 3.98. The van der Waals surface area contributed by atoms with E-state index in [-0.39, 0.29) is 21.8 Å². The van der Waals surface area contributed by atoms with E-state index in [1.807, 2.05) is 0 Å². The van der Waals surface area contributed by atoms with Gasteiger partial charge in [0.15, 0.2) is 10.9 Å². The molecule has 0 unspecified atom stereocenters. The van der Waals surface area contributed by atoms with Crippen LogP contribution in [0, 0.1) is 0 Å². The molecule has 0 saturated heterocycles. The Morgan fingerprint density at radius 2 is 2.13 bits per heavy atom. The van der Waals surface area contributed by atoms with Crippen molar-refractivity contribution in [1.29, 1.82) is 0 Å². The summed E-state index contributed by atoms with van der Waals surface area (Å²) in [6, 6.07) is 0. The average Bonchev–Trinajstić information content (AvgIpc) is 2.17. The fraction of sp³-hybridized carbons (Fsp3) is 0.125. The van der Waals surface area contributed by atoms with E-state index in [1.165, 1.54) is 13.3 Å². The zero-order valence-electron chi connectivity index (χ0n) is 7.63. The number of methoxy groups -OCH3 is 1. The molecule has 2 N–H and O–H groups in total. The van der Waals surface area contributed by atoms with Crippen LogP contribution in [0.2, 0.25) is 5.15 Å². The zero-order chi connectivity index (χ0) is 11.0. The van der Waals surface area contributed by atoms with Gasteiger partial charge in [-0.25, -0.2) is 9.78 Å². The lowest BCUT2D eigenvalue weighted by molar-refractivity contribution is 0.417. The van der Waals surface area contributed by atoms with E-state index < -0.39 is 11.2 Å². The Morgan fingerprint density at radius 1 is 1.40 bits per heavy atom. The molecule has 6 nitrogen and oxygen atoms in total. The molecule has 0 aliphatic heterocycles. The van der Waals surface area contributed by atoms with Crippen molar-refractivity contribution in [2.45, 2.75) is 0 Å². The molecule has 0 bridgehead atoms. The normalized spacial score (nSPS) is 10.5. The Morgan fingerprint density at radius 3 is 2.80 bits per heavy atom. The second-order valence-electron chi connectivity index (χ2n) is 2.78. The van der Waals surface area contributed by atoms with Crippen molar-refractivity contribution in [2.24, 2.45) is 0 Å². The van der Waals surface area contributed by atoms with Crippen molar-refractivity contribution >= 4 is 22.5 Å². The first-order chi connectivity index (χ1) is 7.13. The molecule has 2 heterocycles. The Labute approximate surface area is 87.9 Å². The number of rotatable bonds is 1. The quantitative estimate of drug-likeness (QED) is 0.685. The van der Waals surface area contributed by atoms with E-state index in [1.54, 1.807) is 0 Å². The number of aromatic nitrogens is 3. The van der Waals surface area contributed by atoms with E-state index in [0.29, 0.717) is 0 Å². The van der Waals surface area contributed by atoms with Gasteiger partial charge in [-0.05, 0) is 0 Å². The summed E-state index contributed by atoms with van der Waals surface area (Å²) in [6.45, 7) is 0. The number of hydrogen-bond donors (Lipinski definition) is 2. The molecule has 0 spiro atoms. The van der Waals surface area contributed by atoms with Crippen molar-refractivity contribution in [3.8, 4) is 5.75 Å². The highest BCUT2D eigenvalue weighted by Gasteiger charge is 2.11. The Kier molecular flexibility index (Phi) is 2.20. The molecule has 0 saturated carbocycles. The largest absolute Gasteiger partial charge is 0.491 e. The molecular weight excluding hydrogens is 222 g/mol.